The molecule has 0 saturated carbocycles. The van der Waals surface area contributed by atoms with Crippen molar-refractivity contribution in [2.45, 2.75) is 26.3 Å². The number of rotatable bonds is 2. The monoisotopic (exact) mass is 230 g/mol. The molecule has 0 spiro atoms. The maximum atomic E-state index is 10.7. The number of aromatic nitrogens is 2. The van der Waals surface area contributed by atoms with Crippen molar-refractivity contribution in [1.29, 1.82) is 0 Å². The van der Waals surface area contributed by atoms with E-state index in [0.29, 0.717) is 0 Å². The van der Waals surface area contributed by atoms with Crippen LogP contribution >= 0.6 is 11.6 Å². The Morgan fingerprint density at radius 2 is 2.07 bits per heavy atom. The lowest BCUT2D eigenvalue weighted by atomic mass is 10.1. The third-order valence-corrected chi connectivity index (χ3v) is 1.73. The molecule has 0 amide bonds. The highest BCUT2D eigenvalue weighted by Crippen LogP contribution is 2.29. The van der Waals surface area contributed by atoms with Gasteiger partial charge in [0.2, 0.25) is 11.0 Å². The molecule has 0 aliphatic rings. The molecule has 1 aromatic heterocycles. The van der Waals surface area contributed by atoms with E-state index in [1.165, 1.54) is 6.33 Å². The van der Waals surface area contributed by atoms with Gasteiger partial charge in [0.25, 0.3) is 0 Å². The number of nitro groups is 1. The summed E-state index contributed by atoms with van der Waals surface area (Å²) >= 11 is 5.62. The Morgan fingerprint density at radius 3 is 2.53 bits per heavy atom. The van der Waals surface area contributed by atoms with Crippen molar-refractivity contribution in [3.63, 3.8) is 0 Å². The van der Waals surface area contributed by atoms with E-state index < -0.39 is 4.92 Å². The first kappa shape index (κ1) is 11.6. The number of nitrogens with zero attached hydrogens (tertiary/aromatic N) is 3. The zero-order chi connectivity index (χ0) is 11.6. The highest BCUT2D eigenvalue weighted by Gasteiger charge is 2.24. The molecule has 1 N–H and O–H groups in total. The predicted octanol–water partition coefficient (Wildman–Crippen LogP) is 2.25. The summed E-state index contributed by atoms with van der Waals surface area (Å²) in [5.41, 5.74) is -0.628. The first-order chi connectivity index (χ1) is 6.81. The van der Waals surface area contributed by atoms with Gasteiger partial charge in [0, 0.05) is 5.54 Å². The van der Waals surface area contributed by atoms with Crippen molar-refractivity contribution in [1.82, 2.24) is 9.97 Å². The van der Waals surface area contributed by atoms with E-state index in [4.69, 9.17) is 11.6 Å². The van der Waals surface area contributed by atoms with Crippen molar-refractivity contribution < 1.29 is 4.92 Å². The van der Waals surface area contributed by atoms with Crippen molar-refractivity contribution in [3.05, 3.63) is 21.6 Å². The summed E-state index contributed by atoms with van der Waals surface area (Å²) < 4.78 is 0. The normalized spacial score (nSPS) is 11.2. The quantitative estimate of drug-likeness (QED) is 0.479. The molecule has 15 heavy (non-hydrogen) atoms. The zero-order valence-corrected chi connectivity index (χ0v) is 9.37. The van der Waals surface area contributed by atoms with Crippen LogP contribution in [0.3, 0.4) is 0 Å². The SMILES string of the molecule is CC(C)(C)Nc1ncnc(Cl)c1[N+](=O)[O-]. The van der Waals surface area contributed by atoms with Crippen LogP contribution in [0.1, 0.15) is 20.8 Å². The zero-order valence-electron chi connectivity index (χ0n) is 8.61. The van der Waals surface area contributed by atoms with Gasteiger partial charge < -0.3 is 5.32 Å². The summed E-state index contributed by atoms with van der Waals surface area (Å²) in [6, 6.07) is 0. The van der Waals surface area contributed by atoms with Gasteiger partial charge in [-0.25, -0.2) is 9.97 Å². The Kier molecular flexibility index (Phi) is 3.09. The number of anilines is 1. The minimum Gasteiger partial charge on any atom is -0.360 e. The fourth-order valence-corrected chi connectivity index (χ4v) is 1.17. The van der Waals surface area contributed by atoms with Gasteiger partial charge in [0.05, 0.1) is 4.92 Å². The summed E-state index contributed by atoms with van der Waals surface area (Å²) in [6.45, 7) is 5.60. The standard InChI is InChI=1S/C8H11ClN4O2/c1-8(2,3)12-7-5(13(14)15)6(9)10-4-11-7/h4H,1-3H3,(H,10,11,12). The molecule has 0 aliphatic heterocycles. The number of nitrogens with one attached hydrogen (secondary N) is 1. The molecular formula is C8H11ClN4O2. The fraction of sp³-hybridized carbons (Fsp3) is 0.500. The van der Waals surface area contributed by atoms with E-state index in [1.54, 1.807) is 0 Å². The predicted molar refractivity (Wildman–Crippen MR) is 57.1 cm³/mol. The largest absolute Gasteiger partial charge is 0.360 e. The second-order valence-electron chi connectivity index (χ2n) is 3.99. The van der Waals surface area contributed by atoms with Crippen LogP contribution in [-0.2, 0) is 0 Å². The molecule has 0 aromatic carbocycles. The molecule has 0 radical (unpaired) electrons. The van der Waals surface area contributed by atoms with Gasteiger partial charge in [-0.2, -0.15) is 0 Å². The molecule has 1 aromatic rings. The number of hydrogen-bond acceptors (Lipinski definition) is 5. The number of halogens is 1. The molecule has 1 heterocycles. The smallest absolute Gasteiger partial charge is 0.348 e. The molecule has 82 valence electrons. The van der Waals surface area contributed by atoms with Crippen LogP contribution in [0.25, 0.3) is 0 Å². The van der Waals surface area contributed by atoms with Crippen LogP contribution in [0.5, 0.6) is 0 Å². The van der Waals surface area contributed by atoms with Gasteiger partial charge in [-0.3, -0.25) is 10.1 Å². The Bertz CT molecular complexity index is 389. The third kappa shape index (κ3) is 3.02. The highest BCUT2D eigenvalue weighted by atomic mass is 35.5. The van der Waals surface area contributed by atoms with Crippen LogP contribution in [0.2, 0.25) is 5.15 Å². The molecule has 0 atom stereocenters. The van der Waals surface area contributed by atoms with Crippen LogP contribution in [-0.4, -0.2) is 20.4 Å². The van der Waals surface area contributed by atoms with E-state index in [-0.39, 0.29) is 22.2 Å². The molecule has 0 bridgehead atoms. The van der Waals surface area contributed by atoms with Gasteiger partial charge in [0.15, 0.2) is 0 Å². The summed E-state index contributed by atoms with van der Waals surface area (Å²) in [6.07, 6.45) is 1.18. The lowest BCUT2D eigenvalue weighted by molar-refractivity contribution is -0.384. The van der Waals surface area contributed by atoms with Crippen molar-refractivity contribution in [2.75, 3.05) is 5.32 Å². The molecule has 1 rings (SSSR count). The summed E-state index contributed by atoms with van der Waals surface area (Å²) in [7, 11) is 0. The Morgan fingerprint density at radius 1 is 1.47 bits per heavy atom. The highest BCUT2D eigenvalue weighted by molar-refractivity contribution is 6.31. The van der Waals surface area contributed by atoms with Crippen molar-refractivity contribution in [3.8, 4) is 0 Å². The van der Waals surface area contributed by atoms with E-state index in [2.05, 4.69) is 15.3 Å². The topological polar surface area (TPSA) is 81.0 Å². The maximum Gasteiger partial charge on any atom is 0.348 e. The minimum atomic E-state index is -0.601. The Hall–Kier alpha value is -1.43. The van der Waals surface area contributed by atoms with Gasteiger partial charge in [0.1, 0.15) is 6.33 Å². The molecule has 6 nitrogen and oxygen atoms in total. The summed E-state index contributed by atoms with van der Waals surface area (Å²) in [5, 5.41) is 13.5. The van der Waals surface area contributed by atoms with Gasteiger partial charge in [-0.15, -0.1) is 0 Å². The average molecular weight is 231 g/mol. The van der Waals surface area contributed by atoms with Gasteiger partial charge in [-0.05, 0) is 20.8 Å². The second kappa shape index (κ2) is 3.98. The molecule has 0 aliphatic carbocycles. The van der Waals surface area contributed by atoms with Crippen molar-refractivity contribution in [2.24, 2.45) is 0 Å². The molecule has 0 saturated heterocycles. The molecular weight excluding hydrogens is 220 g/mol. The maximum absolute atomic E-state index is 10.7. The number of hydrogen-bond donors (Lipinski definition) is 1. The summed E-state index contributed by atoms with van der Waals surface area (Å²) in [5.74, 6) is 0.132. The van der Waals surface area contributed by atoms with Crippen molar-refractivity contribution >= 4 is 23.1 Å². The van der Waals surface area contributed by atoms with E-state index in [1.807, 2.05) is 20.8 Å². The fourth-order valence-electron chi connectivity index (χ4n) is 0.966. The third-order valence-electron chi connectivity index (χ3n) is 1.45. The van der Waals surface area contributed by atoms with E-state index in [9.17, 15) is 10.1 Å². The Balaban J connectivity index is 3.18. The minimum absolute atomic E-state index is 0.132. The Labute approximate surface area is 91.8 Å². The van der Waals surface area contributed by atoms with Crippen LogP contribution in [0.4, 0.5) is 11.5 Å². The lowest BCUT2D eigenvalue weighted by Crippen LogP contribution is -2.27. The van der Waals surface area contributed by atoms with Crippen LogP contribution in [0, 0.1) is 10.1 Å². The second-order valence-corrected chi connectivity index (χ2v) is 4.35. The molecule has 7 heteroatoms. The first-order valence-electron chi connectivity index (χ1n) is 4.24. The average Bonchev–Trinajstić information content (AvgIpc) is 1.99. The summed E-state index contributed by atoms with van der Waals surface area (Å²) in [4.78, 5) is 17.5. The lowest BCUT2D eigenvalue weighted by Gasteiger charge is -2.20. The van der Waals surface area contributed by atoms with Crippen LogP contribution < -0.4 is 5.32 Å². The van der Waals surface area contributed by atoms with E-state index >= 15 is 0 Å². The van der Waals surface area contributed by atoms with Gasteiger partial charge >= 0.3 is 5.69 Å². The molecule has 0 fully saturated rings. The van der Waals surface area contributed by atoms with E-state index in [0.717, 1.165) is 0 Å². The van der Waals surface area contributed by atoms with Crippen LogP contribution in [0.15, 0.2) is 6.33 Å². The first-order valence-corrected chi connectivity index (χ1v) is 4.62. The molecule has 0 unspecified atom stereocenters. The van der Waals surface area contributed by atoms with Gasteiger partial charge in [-0.1, -0.05) is 11.6 Å².